The Labute approximate surface area is 188 Å². The van der Waals surface area contributed by atoms with Crippen LogP contribution in [0.1, 0.15) is 84.0 Å². The van der Waals surface area contributed by atoms with Crippen LogP contribution in [0.2, 0.25) is 0 Å². The molecule has 0 aliphatic carbocycles. The van der Waals surface area contributed by atoms with E-state index in [1.165, 1.54) is 38.5 Å². The number of carbonyl (C=O) groups is 3. The van der Waals surface area contributed by atoms with Gasteiger partial charge in [-0.1, -0.05) is 58.3 Å². The zero-order valence-corrected chi connectivity index (χ0v) is 18.4. The van der Waals surface area contributed by atoms with Gasteiger partial charge in [-0.05, 0) is 12.8 Å². The Balaban J connectivity index is 0. The largest absolute Gasteiger partial charge is 0.480 e. The maximum absolute atomic E-state index is 11.7. The van der Waals surface area contributed by atoms with Crippen LogP contribution < -0.4 is 11.1 Å². The van der Waals surface area contributed by atoms with Crippen molar-refractivity contribution >= 4 is 69.2 Å². The molecule has 0 aromatic heterocycles. The molecule has 0 aromatic rings. The van der Waals surface area contributed by atoms with Gasteiger partial charge in [0.1, 0.15) is 6.04 Å². The number of carbonyl (C=O) groups excluding carboxylic acids is 2. The molecule has 0 rings (SSSR count). The van der Waals surface area contributed by atoms with E-state index >= 15 is 0 Å². The second kappa shape index (κ2) is 17.9. The van der Waals surface area contributed by atoms with Crippen LogP contribution in [0.15, 0.2) is 0 Å². The van der Waals surface area contributed by atoms with Gasteiger partial charge in [-0.25, -0.2) is 4.79 Å². The number of rotatable bonds is 15. The molecule has 0 fully saturated rings. The van der Waals surface area contributed by atoms with Gasteiger partial charge in [0.25, 0.3) is 0 Å². The van der Waals surface area contributed by atoms with Crippen molar-refractivity contribution in [2.24, 2.45) is 5.73 Å². The van der Waals surface area contributed by atoms with Gasteiger partial charge in [0, 0.05) is 64.2 Å². The molecular weight excluding hydrogens is 335 g/mol. The molecule has 0 saturated carbocycles. The van der Waals surface area contributed by atoms with E-state index in [2.05, 4.69) is 12.2 Å². The molecule has 0 bridgehead atoms. The number of amides is 2. The van der Waals surface area contributed by atoms with E-state index in [-0.39, 0.29) is 70.1 Å². The molecule has 7 heteroatoms. The fourth-order valence-electron chi connectivity index (χ4n) is 2.41. The topological polar surface area (TPSA) is 109 Å². The molecule has 0 aliphatic heterocycles. The number of nitrogens with one attached hydrogen (secondary N) is 1. The molecule has 24 heavy (non-hydrogen) atoms. The van der Waals surface area contributed by atoms with Crippen molar-refractivity contribution in [3.8, 4) is 0 Å². The fourth-order valence-corrected chi connectivity index (χ4v) is 2.41. The maximum atomic E-state index is 11.7. The smallest absolute Gasteiger partial charge is 0.326 e. The van der Waals surface area contributed by atoms with E-state index in [1.54, 1.807) is 0 Å². The van der Waals surface area contributed by atoms with Crippen LogP contribution in [-0.2, 0) is 14.4 Å². The van der Waals surface area contributed by atoms with Gasteiger partial charge in [-0.3, -0.25) is 9.59 Å². The van der Waals surface area contributed by atoms with Gasteiger partial charge >= 0.3 is 5.97 Å². The number of aliphatic carboxylic acids is 1. The number of hydrogen-bond donors (Lipinski definition) is 3. The van der Waals surface area contributed by atoms with Crippen molar-refractivity contribution in [1.82, 2.24) is 5.32 Å². The maximum Gasteiger partial charge on any atom is 0.326 e. The molecule has 0 unspecified atom stereocenters. The Morgan fingerprint density at radius 3 is 1.88 bits per heavy atom. The molecule has 1 atom stereocenters. The molecule has 4 N–H and O–H groups in total. The number of carboxylic acids is 1. The number of carboxylic acid groups (broad SMARTS) is 1. The second-order valence-electron chi connectivity index (χ2n) is 6.04. The van der Waals surface area contributed by atoms with E-state index in [9.17, 15) is 14.4 Å². The minimum atomic E-state index is -1.13. The van der Waals surface area contributed by atoms with Crippen LogP contribution in [-0.4, -0.2) is 80.3 Å². The summed E-state index contributed by atoms with van der Waals surface area (Å²) in [7, 11) is 0. The average molecular weight is 368 g/mol. The second-order valence-corrected chi connectivity index (χ2v) is 6.04. The van der Waals surface area contributed by atoms with E-state index in [4.69, 9.17) is 10.8 Å². The quantitative estimate of drug-likeness (QED) is 0.305. The predicted octanol–water partition coefficient (Wildman–Crippen LogP) is 2.36. The minimum absolute atomic E-state index is 0. The summed E-state index contributed by atoms with van der Waals surface area (Å²) < 4.78 is 0. The number of primary amides is 1. The van der Waals surface area contributed by atoms with E-state index in [0.717, 1.165) is 19.3 Å². The van der Waals surface area contributed by atoms with Crippen LogP contribution in [0.4, 0.5) is 0 Å². The van der Waals surface area contributed by atoms with Crippen LogP contribution in [0, 0.1) is 0 Å². The van der Waals surface area contributed by atoms with Gasteiger partial charge in [0.2, 0.25) is 11.8 Å². The number of nitrogens with two attached hydrogens (primary N) is 1. The Hall–Kier alpha value is 0.0464. The third kappa shape index (κ3) is 16.9. The van der Waals surface area contributed by atoms with Crippen molar-refractivity contribution in [2.45, 2.75) is 90.0 Å². The molecule has 0 heterocycles. The fraction of sp³-hybridized carbons (Fsp3) is 0.824. The summed E-state index contributed by atoms with van der Waals surface area (Å²) >= 11 is 0. The predicted molar refractivity (Wildman–Crippen MR) is 95.6 cm³/mol. The van der Waals surface area contributed by atoms with E-state index in [1.807, 2.05) is 0 Å². The van der Waals surface area contributed by atoms with Crippen molar-refractivity contribution in [3.05, 3.63) is 0 Å². The first-order chi connectivity index (χ1) is 11.0. The third-order valence-electron chi connectivity index (χ3n) is 3.82. The van der Waals surface area contributed by atoms with Crippen molar-refractivity contribution in [2.75, 3.05) is 0 Å². The molecule has 2 amide bonds. The minimum Gasteiger partial charge on any atom is -0.480 e. The van der Waals surface area contributed by atoms with E-state index < -0.39 is 17.9 Å². The van der Waals surface area contributed by atoms with Crippen LogP contribution >= 0.6 is 0 Å². The molecule has 0 saturated heterocycles. The number of hydrogen-bond acceptors (Lipinski definition) is 3. The normalized spacial score (nSPS) is 11.4. The Kier molecular flexibility index (Phi) is 19.6. The summed E-state index contributed by atoms with van der Waals surface area (Å²) in [4.78, 5) is 33.4. The molecule has 6 nitrogen and oxygen atoms in total. The van der Waals surface area contributed by atoms with Crippen molar-refractivity contribution in [1.29, 1.82) is 0 Å². The summed E-state index contributed by atoms with van der Waals surface area (Å²) in [6.45, 7) is 2.20. The first kappa shape index (κ1) is 26.3. The monoisotopic (exact) mass is 367 g/mol. The first-order valence-corrected chi connectivity index (χ1v) is 8.77. The molecule has 1 radical (unpaired) electrons. The summed E-state index contributed by atoms with van der Waals surface area (Å²) in [6.07, 6.45) is 10.8. The van der Waals surface area contributed by atoms with Crippen molar-refractivity contribution in [3.63, 3.8) is 0 Å². The summed E-state index contributed by atoms with van der Waals surface area (Å²) in [6, 6.07) is -1.03. The average Bonchev–Trinajstić information content (AvgIpc) is 2.49. The van der Waals surface area contributed by atoms with Crippen LogP contribution in [0.3, 0.4) is 0 Å². The Morgan fingerprint density at radius 2 is 1.42 bits per heavy atom. The molecule has 0 aliphatic rings. The summed E-state index contributed by atoms with van der Waals surface area (Å²) in [5.74, 6) is -1.97. The third-order valence-corrected chi connectivity index (χ3v) is 3.82. The van der Waals surface area contributed by atoms with Gasteiger partial charge in [0.05, 0.1) is 0 Å². The molecular formula is C17H32KN2O4. The SMILES string of the molecule is CCCCCCCCCCCC(=O)N[C@@H](CCC(N)=O)C(=O)O.[K]. The van der Waals surface area contributed by atoms with Gasteiger partial charge in [0.15, 0.2) is 0 Å². The summed E-state index contributed by atoms with van der Waals surface area (Å²) in [5, 5.41) is 11.4. The van der Waals surface area contributed by atoms with Gasteiger partial charge in [-0.15, -0.1) is 0 Å². The number of unbranched alkanes of at least 4 members (excludes halogenated alkanes) is 8. The molecule has 135 valence electrons. The van der Waals surface area contributed by atoms with Gasteiger partial charge < -0.3 is 16.2 Å². The zero-order valence-electron chi connectivity index (χ0n) is 15.3. The molecule has 0 spiro atoms. The summed E-state index contributed by atoms with van der Waals surface area (Å²) in [5.41, 5.74) is 4.99. The Bertz CT molecular complexity index is 364. The first-order valence-electron chi connectivity index (χ1n) is 8.77. The Morgan fingerprint density at radius 1 is 0.917 bits per heavy atom. The molecule has 0 aromatic carbocycles. The van der Waals surface area contributed by atoms with Gasteiger partial charge in [-0.2, -0.15) is 0 Å². The van der Waals surface area contributed by atoms with Crippen LogP contribution in [0.25, 0.3) is 0 Å². The van der Waals surface area contributed by atoms with Crippen LogP contribution in [0.5, 0.6) is 0 Å². The standard InChI is InChI=1S/C17H32N2O4.K/c1-2-3-4-5-6-7-8-9-10-11-16(21)19-14(17(22)23)12-13-15(18)20;/h14H,2-13H2,1H3,(H2,18,20)(H,19,21)(H,22,23);/t14-;/m0./s1. The van der Waals surface area contributed by atoms with E-state index in [0.29, 0.717) is 6.42 Å². The van der Waals surface area contributed by atoms with Crippen molar-refractivity contribution < 1.29 is 19.5 Å². The zero-order chi connectivity index (χ0) is 17.5.